The maximum Gasteiger partial charge on any atom is 0.434 e. The van der Waals surface area contributed by atoms with Gasteiger partial charge in [0.25, 0.3) is 18.1 Å². The number of carboxylic acid groups (broad SMARTS) is 1. The lowest BCUT2D eigenvalue weighted by Crippen LogP contribution is -2.56. The molecule has 1 N–H and O–H groups in total. The summed E-state index contributed by atoms with van der Waals surface area (Å²) in [5.74, 6) is -0.413. The second-order valence-electron chi connectivity index (χ2n) is 17.9. The van der Waals surface area contributed by atoms with Gasteiger partial charge >= 0.3 is 42.9 Å². The summed E-state index contributed by atoms with van der Waals surface area (Å²) in [7, 11) is 1.51. The van der Waals surface area contributed by atoms with Crippen molar-refractivity contribution in [3.05, 3.63) is 35.4 Å². The van der Waals surface area contributed by atoms with Crippen molar-refractivity contribution >= 4 is 35.9 Å². The van der Waals surface area contributed by atoms with Gasteiger partial charge in [-0.3, -0.25) is 14.4 Å². The predicted octanol–water partition coefficient (Wildman–Crippen LogP) is 6.87. The molecule has 0 radical (unpaired) electrons. The first-order valence-corrected chi connectivity index (χ1v) is 21.8. The van der Waals surface area contributed by atoms with Gasteiger partial charge in [0.2, 0.25) is 11.8 Å². The number of nitrogens with zero attached hydrogens (tertiary/aromatic N) is 9. The van der Waals surface area contributed by atoms with Gasteiger partial charge in [-0.05, 0) is 38.0 Å². The lowest BCUT2D eigenvalue weighted by atomic mass is 9.78. The quantitative estimate of drug-likeness (QED) is 0.297. The number of carbonyl (C=O) groups is 6. The Hall–Kier alpha value is -6.00. The third kappa shape index (κ3) is 14.8. The molecule has 71 heavy (non-hydrogen) atoms. The van der Waals surface area contributed by atoms with E-state index in [2.05, 4.69) is 19.4 Å². The number of piperidine rings is 2. The van der Waals surface area contributed by atoms with Crippen molar-refractivity contribution in [3.8, 4) is 0 Å². The third-order valence-electron chi connectivity index (χ3n) is 12.9. The molecule has 30 heteroatoms. The maximum absolute atomic E-state index is 13.1. The molecule has 2 saturated heterocycles. The van der Waals surface area contributed by atoms with Gasteiger partial charge in [-0.2, -0.15) is 52.7 Å². The Labute approximate surface area is 397 Å². The number of carbonyl (C=O) groups excluding carboxylic acids is 5. The van der Waals surface area contributed by atoms with Crippen LogP contribution in [-0.4, -0.2) is 173 Å². The van der Waals surface area contributed by atoms with Crippen LogP contribution >= 0.6 is 0 Å². The largest absolute Gasteiger partial charge is 0.476 e. The minimum atomic E-state index is -5.80. The Morgan fingerprint density at radius 1 is 0.606 bits per heavy atom. The summed E-state index contributed by atoms with van der Waals surface area (Å²) in [6.45, 7) is 11.1. The van der Waals surface area contributed by atoms with Gasteiger partial charge < -0.3 is 48.2 Å². The van der Waals surface area contributed by atoms with Crippen LogP contribution < -0.4 is 0 Å². The van der Waals surface area contributed by atoms with Crippen LogP contribution in [0, 0.1) is 5.41 Å². The fourth-order valence-corrected chi connectivity index (χ4v) is 7.74. The van der Waals surface area contributed by atoms with E-state index in [4.69, 9.17) is 5.11 Å². The Balaban J connectivity index is 0.000000257. The zero-order chi connectivity index (χ0) is 53.8. The number of alkyl halides is 12. The molecule has 2 aromatic rings. The zero-order valence-corrected chi connectivity index (χ0v) is 39.2. The Kier molecular flexibility index (Phi) is 17.7. The number of hydrogen-bond donors (Lipinski definition) is 1. The predicted molar refractivity (Wildman–Crippen MR) is 219 cm³/mol. The zero-order valence-electron chi connectivity index (χ0n) is 39.2. The molecule has 400 valence electrons. The lowest BCUT2D eigenvalue weighted by Gasteiger charge is -2.44. The molecule has 0 saturated carbocycles. The summed E-state index contributed by atoms with van der Waals surface area (Å²) in [4.78, 5) is 84.6. The number of fused-ring (bicyclic) bond motifs is 2. The number of carboxylic acids is 1. The molecule has 0 unspecified atom stereocenters. The van der Waals surface area contributed by atoms with Crippen molar-refractivity contribution in [2.45, 2.75) is 135 Å². The molecule has 4 aliphatic heterocycles. The van der Waals surface area contributed by atoms with E-state index in [9.17, 15) is 81.5 Å². The molecular weight excluding hydrogens is 990 g/mol. The van der Waals surface area contributed by atoms with Gasteiger partial charge in [-0.25, -0.2) is 24.4 Å². The molecule has 0 aromatic carbocycles. The fraction of sp³-hybridized carbons (Fsp3) is 0.707. The van der Waals surface area contributed by atoms with Gasteiger partial charge in [-0.15, -0.1) is 0 Å². The minimum absolute atomic E-state index is 0.0128. The highest BCUT2D eigenvalue weighted by atomic mass is 19.4. The lowest BCUT2D eigenvalue weighted by molar-refractivity contribution is -0.309. The van der Waals surface area contributed by atoms with Crippen molar-refractivity contribution in [2.24, 2.45) is 5.41 Å². The van der Waals surface area contributed by atoms with Crippen LogP contribution in [0.15, 0.2) is 12.4 Å². The summed E-state index contributed by atoms with van der Waals surface area (Å²) in [5.41, 5.74) is -0.703. The van der Waals surface area contributed by atoms with Gasteiger partial charge in [0.1, 0.15) is 17.3 Å². The summed E-state index contributed by atoms with van der Waals surface area (Å²) in [6, 6.07) is 0. The van der Waals surface area contributed by atoms with E-state index in [1.54, 1.807) is 32.1 Å². The molecule has 0 bridgehead atoms. The molecule has 6 heterocycles. The van der Waals surface area contributed by atoms with Crippen LogP contribution in [0.4, 0.5) is 62.3 Å². The number of amides is 5. The summed E-state index contributed by atoms with van der Waals surface area (Å²) in [5, 5.41) is 8.75. The summed E-state index contributed by atoms with van der Waals surface area (Å²) < 4.78 is 161. The number of imidazole rings is 2. The van der Waals surface area contributed by atoms with E-state index in [1.165, 1.54) is 32.0 Å². The smallest absolute Gasteiger partial charge is 0.434 e. The van der Waals surface area contributed by atoms with E-state index < -0.39 is 66.5 Å². The molecule has 5 amide bonds. The number of likely N-dealkylation sites (tertiary alicyclic amines) is 2. The molecule has 4 aliphatic rings. The number of ether oxygens (including phenoxy) is 2. The first kappa shape index (κ1) is 57.6. The number of aromatic nitrogens is 4. The van der Waals surface area contributed by atoms with Crippen molar-refractivity contribution in [1.82, 2.24) is 43.6 Å². The molecule has 6 rings (SSSR count). The number of halogens is 12. The average molecular weight is 1040 g/mol. The SMILES string of the molecule is CC(=O)N1CCn2cc(C(=O)N(C)C3(C)CCN(C(=O)OC(C(F)(F)F)C(F)(F)F)CC3)nc2C1.CC(=O)N1CCn2cc(C(=O)O)nc2C1.CCC1(C)CCN(C(=O)OC(C(F)(F)F)C(F)(F)F)CC1. The van der Waals surface area contributed by atoms with Gasteiger partial charge in [0.15, 0.2) is 5.69 Å². The average Bonchev–Trinajstić information content (AvgIpc) is 3.91. The van der Waals surface area contributed by atoms with Crippen molar-refractivity contribution in [2.75, 3.05) is 46.3 Å². The highest BCUT2D eigenvalue weighted by Crippen LogP contribution is 2.39. The third-order valence-corrected chi connectivity index (χ3v) is 12.9. The summed E-state index contributed by atoms with van der Waals surface area (Å²) in [6.07, 6.45) is -29.4. The molecule has 0 atom stereocenters. The second kappa shape index (κ2) is 21.8. The van der Waals surface area contributed by atoms with E-state index in [0.717, 1.165) is 16.2 Å². The van der Waals surface area contributed by atoms with E-state index >= 15 is 0 Å². The van der Waals surface area contributed by atoms with Crippen LogP contribution in [0.1, 0.15) is 99.3 Å². The Morgan fingerprint density at radius 2 is 0.958 bits per heavy atom. The van der Waals surface area contributed by atoms with Crippen LogP contribution in [0.25, 0.3) is 0 Å². The van der Waals surface area contributed by atoms with Gasteiger partial charge in [0, 0.05) is 91.2 Å². The van der Waals surface area contributed by atoms with Crippen LogP contribution in [0.2, 0.25) is 0 Å². The highest BCUT2D eigenvalue weighted by Gasteiger charge is 2.61. The molecular formula is C41H53F12N9O9. The Morgan fingerprint density at radius 3 is 1.30 bits per heavy atom. The molecule has 0 aliphatic carbocycles. The molecule has 18 nitrogen and oxygen atoms in total. The van der Waals surface area contributed by atoms with Crippen LogP contribution in [0.5, 0.6) is 0 Å². The first-order chi connectivity index (χ1) is 32.5. The Bertz CT molecular complexity index is 2220. The monoisotopic (exact) mass is 1040 g/mol. The topological polar surface area (TPSA) is 193 Å². The van der Waals surface area contributed by atoms with E-state index in [0.29, 0.717) is 57.2 Å². The maximum atomic E-state index is 13.1. The fourth-order valence-electron chi connectivity index (χ4n) is 7.74. The van der Waals surface area contributed by atoms with Crippen LogP contribution in [0.3, 0.4) is 0 Å². The van der Waals surface area contributed by atoms with E-state index in [-0.39, 0.29) is 74.2 Å². The standard InChI is InChI=1S/C20H25F6N5O4.C12H17F6NO2.C9H11N3O3/c1-12(32)30-8-9-31-10-13(27-14(31)11-30)15(33)28(3)18(2)4-6-29(7-5-18)17(34)35-16(19(21,22)23)20(24,25)26;1-3-10(2)4-6-19(7-5-10)9(20)21-8(11(13,14)15)12(16,17)18;1-6(13)11-2-3-12-4-7(9(14)15)10-8(12)5-11/h10,16H,4-9,11H2,1-3H3;8H,3-7H2,1-2H3;4H,2-3,5H2,1H3,(H,14,15). The number of aromatic carboxylic acids is 1. The normalized spacial score (nSPS) is 18.0. The molecule has 2 fully saturated rings. The van der Waals surface area contributed by atoms with Gasteiger partial charge in [-0.1, -0.05) is 20.3 Å². The first-order valence-electron chi connectivity index (χ1n) is 21.8. The van der Waals surface area contributed by atoms with Crippen molar-refractivity contribution in [1.29, 1.82) is 0 Å². The number of rotatable bonds is 6. The van der Waals surface area contributed by atoms with Gasteiger partial charge in [0.05, 0.1) is 13.1 Å². The minimum Gasteiger partial charge on any atom is -0.476 e. The van der Waals surface area contributed by atoms with Crippen LogP contribution in [-0.2, 0) is 45.2 Å². The van der Waals surface area contributed by atoms with Crippen molar-refractivity contribution < 1.29 is 96.0 Å². The van der Waals surface area contributed by atoms with Crippen molar-refractivity contribution in [3.63, 3.8) is 0 Å². The second-order valence-corrected chi connectivity index (χ2v) is 17.9. The summed E-state index contributed by atoms with van der Waals surface area (Å²) >= 11 is 0. The highest BCUT2D eigenvalue weighted by molar-refractivity contribution is 5.92. The molecule has 2 aromatic heterocycles. The number of hydrogen-bond acceptors (Lipinski definition) is 10. The van der Waals surface area contributed by atoms with E-state index in [1.807, 2.05) is 13.8 Å². The molecule has 0 spiro atoms.